The molecule has 1 aromatic carbocycles. The van der Waals surface area contributed by atoms with Gasteiger partial charge in [0.2, 0.25) is 0 Å². The number of fused-ring (bicyclic) bond motifs is 2. The van der Waals surface area contributed by atoms with E-state index in [9.17, 15) is 0 Å². The second-order valence-corrected chi connectivity index (χ2v) is 7.19. The Balaban J connectivity index is 1.59. The summed E-state index contributed by atoms with van der Waals surface area (Å²) in [7, 11) is 0. The van der Waals surface area contributed by atoms with Crippen LogP contribution in [0.3, 0.4) is 0 Å². The van der Waals surface area contributed by atoms with Crippen LogP contribution in [-0.4, -0.2) is 24.6 Å². The summed E-state index contributed by atoms with van der Waals surface area (Å²) in [5, 5.41) is 15.1. The lowest BCUT2D eigenvalue weighted by atomic mass is 10.2. The van der Waals surface area contributed by atoms with Crippen molar-refractivity contribution in [1.82, 2.24) is 24.6 Å². The summed E-state index contributed by atoms with van der Waals surface area (Å²) in [5.74, 6) is 2.36. The van der Waals surface area contributed by atoms with Crippen molar-refractivity contribution in [2.24, 2.45) is 0 Å². The average Bonchev–Trinajstić information content (AvgIpc) is 3.38. The molecule has 0 amide bonds. The summed E-state index contributed by atoms with van der Waals surface area (Å²) in [4.78, 5) is 10.6. The van der Waals surface area contributed by atoms with E-state index < -0.39 is 0 Å². The smallest absolute Gasteiger partial charge is 0.172 e. The Morgan fingerprint density at radius 3 is 2.74 bits per heavy atom. The highest BCUT2D eigenvalue weighted by molar-refractivity contribution is 7.13. The summed E-state index contributed by atoms with van der Waals surface area (Å²) >= 11 is 1.63. The number of nitrogens with one attached hydrogen (secondary N) is 1. The molecule has 5 rings (SSSR count). The van der Waals surface area contributed by atoms with E-state index in [4.69, 9.17) is 9.97 Å². The molecule has 0 bridgehead atoms. The van der Waals surface area contributed by atoms with Gasteiger partial charge in [0, 0.05) is 11.6 Å². The first-order valence-corrected chi connectivity index (χ1v) is 9.54. The molecule has 1 atom stereocenters. The van der Waals surface area contributed by atoms with E-state index in [0.29, 0.717) is 0 Å². The fraction of sp³-hybridized carbons (Fsp3) is 0.100. The van der Waals surface area contributed by atoms with Crippen molar-refractivity contribution in [2.45, 2.75) is 13.0 Å². The third-order valence-corrected chi connectivity index (χ3v) is 5.29. The Kier molecular flexibility index (Phi) is 3.79. The molecule has 27 heavy (non-hydrogen) atoms. The highest BCUT2D eigenvalue weighted by Crippen LogP contribution is 2.29. The molecule has 4 heterocycles. The summed E-state index contributed by atoms with van der Waals surface area (Å²) in [6.45, 7) is 2.06. The molecule has 0 fully saturated rings. The molecule has 4 aromatic heterocycles. The Bertz CT molecular complexity index is 1230. The van der Waals surface area contributed by atoms with Crippen LogP contribution in [0.25, 0.3) is 27.3 Å². The second kappa shape index (κ2) is 6.44. The Morgan fingerprint density at radius 2 is 1.85 bits per heavy atom. The molecule has 5 aromatic rings. The fourth-order valence-corrected chi connectivity index (χ4v) is 3.78. The molecule has 0 aliphatic rings. The molecule has 0 aliphatic carbocycles. The highest BCUT2D eigenvalue weighted by atomic mass is 32.1. The number of hydrogen-bond acceptors (Lipinski definition) is 6. The largest absolute Gasteiger partial charge is 0.360 e. The molecule has 0 spiro atoms. The number of rotatable bonds is 4. The quantitative estimate of drug-likeness (QED) is 0.500. The zero-order valence-corrected chi connectivity index (χ0v) is 15.4. The van der Waals surface area contributed by atoms with Crippen molar-refractivity contribution in [3.63, 3.8) is 0 Å². The molecule has 1 N–H and O–H groups in total. The molecule has 7 heteroatoms. The summed E-state index contributed by atoms with van der Waals surface area (Å²) in [6, 6.07) is 17.9. The van der Waals surface area contributed by atoms with E-state index in [1.807, 2.05) is 70.6 Å². The maximum Gasteiger partial charge on any atom is 0.172 e. The van der Waals surface area contributed by atoms with Gasteiger partial charge in [0.05, 0.1) is 16.4 Å². The second-order valence-electron chi connectivity index (χ2n) is 6.24. The standard InChI is InChI=1S/C20H16N6S/c1-13(20-25-24-17-10-4-5-11-26(17)20)21-18-14-7-2-3-8-15(14)22-19(23-18)16-9-6-12-27-16/h2-13H,1H3,(H,21,22,23). The minimum atomic E-state index is -0.0723. The number of benzene rings is 1. The van der Waals surface area contributed by atoms with Gasteiger partial charge in [0.1, 0.15) is 5.82 Å². The average molecular weight is 372 g/mol. The van der Waals surface area contributed by atoms with Crippen molar-refractivity contribution in [2.75, 3.05) is 5.32 Å². The number of para-hydroxylation sites is 1. The van der Waals surface area contributed by atoms with Gasteiger partial charge in [0.25, 0.3) is 0 Å². The Labute approximate surface area is 159 Å². The van der Waals surface area contributed by atoms with Crippen LogP contribution in [0, 0.1) is 0 Å². The van der Waals surface area contributed by atoms with Gasteiger partial charge in [-0.25, -0.2) is 9.97 Å². The van der Waals surface area contributed by atoms with Crippen LogP contribution < -0.4 is 5.32 Å². The van der Waals surface area contributed by atoms with Crippen molar-refractivity contribution in [3.8, 4) is 10.7 Å². The van der Waals surface area contributed by atoms with E-state index in [1.54, 1.807) is 11.3 Å². The van der Waals surface area contributed by atoms with Gasteiger partial charge >= 0.3 is 0 Å². The maximum atomic E-state index is 4.80. The van der Waals surface area contributed by atoms with Gasteiger partial charge in [-0.3, -0.25) is 4.40 Å². The Hall–Kier alpha value is -3.32. The summed E-state index contributed by atoms with van der Waals surface area (Å²) in [5.41, 5.74) is 1.74. The van der Waals surface area contributed by atoms with Gasteiger partial charge in [-0.15, -0.1) is 21.5 Å². The van der Waals surface area contributed by atoms with Crippen LogP contribution in [0.4, 0.5) is 5.82 Å². The van der Waals surface area contributed by atoms with E-state index in [-0.39, 0.29) is 6.04 Å². The molecular formula is C20H16N6S. The fourth-order valence-electron chi connectivity index (χ4n) is 3.13. The lowest BCUT2D eigenvalue weighted by Crippen LogP contribution is -2.12. The third kappa shape index (κ3) is 2.82. The normalized spacial score (nSPS) is 12.5. The SMILES string of the molecule is CC(Nc1nc(-c2cccs2)nc2ccccc12)c1nnc2ccccn12. The number of pyridine rings is 1. The van der Waals surface area contributed by atoms with Gasteiger partial charge in [-0.05, 0) is 42.6 Å². The van der Waals surface area contributed by atoms with E-state index >= 15 is 0 Å². The molecule has 0 radical (unpaired) electrons. The van der Waals surface area contributed by atoms with Gasteiger partial charge in [0.15, 0.2) is 17.3 Å². The van der Waals surface area contributed by atoms with E-state index in [1.165, 1.54) is 0 Å². The Morgan fingerprint density at radius 1 is 0.963 bits per heavy atom. The lowest BCUT2D eigenvalue weighted by Gasteiger charge is -2.15. The lowest BCUT2D eigenvalue weighted by molar-refractivity contribution is 0.769. The topological polar surface area (TPSA) is 68.0 Å². The van der Waals surface area contributed by atoms with Crippen molar-refractivity contribution >= 4 is 33.7 Å². The third-order valence-electron chi connectivity index (χ3n) is 4.43. The molecular weight excluding hydrogens is 356 g/mol. The summed E-state index contributed by atoms with van der Waals surface area (Å²) in [6.07, 6.45) is 1.97. The van der Waals surface area contributed by atoms with Gasteiger partial charge in [-0.2, -0.15) is 0 Å². The first-order chi connectivity index (χ1) is 13.3. The maximum absolute atomic E-state index is 4.80. The molecule has 1 unspecified atom stereocenters. The predicted molar refractivity (Wildman–Crippen MR) is 108 cm³/mol. The predicted octanol–water partition coefficient (Wildman–Crippen LogP) is 4.57. The van der Waals surface area contributed by atoms with Crippen molar-refractivity contribution in [3.05, 3.63) is 72.0 Å². The molecule has 0 saturated heterocycles. The first-order valence-electron chi connectivity index (χ1n) is 8.66. The van der Waals surface area contributed by atoms with Gasteiger partial charge < -0.3 is 5.32 Å². The van der Waals surface area contributed by atoms with Crippen LogP contribution in [0.1, 0.15) is 18.8 Å². The van der Waals surface area contributed by atoms with Crippen LogP contribution in [0.2, 0.25) is 0 Å². The van der Waals surface area contributed by atoms with E-state index in [0.717, 1.165) is 38.9 Å². The summed E-state index contributed by atoms with van der Waals surface area (Å²) < 4.78 is 1.99. The number of thiophene rings is 1. The molecule has 6 nitrogen and oxygen atoms in total. The highest BCUT2D eigenvalue weighted by Gasteiger charge is 2.16. The van der Waals surface area contributed by atoms with Crippen molar-refractivity contribution in [1.29, 1.82) is 0 Å². The zero-order valence-electron chi connectivity index (χ0n) is 14.6. The van der Waals surface area contributed by atoms with Crippen LogP contribution in [0.5, 0.6) is 0 Å². The minimum absolute atomic E-state index is 0.0723. The number of anilines is 1. The van der Waals surface area contributed by atoms with E-state index in [2.05, 4.69) is 22.4 Å². The molecule has 0 aliphatic heterocycles. The number of aromatic nitrogens is 5. The number of nitrogens with zero attached hydrogens (tertiary/aromatic N) is 5. The van der Waals surface area contributed by atoms with Crippen LogP contribution >= 0.6 is 11.3 Å². The van der Waals surface area contributed by atoms with Crippen LogP contribution in [0.15, 0.2) is 66.2 Å². The minimum Gasteiger partial charge on any atom is -0.360 e. The monoisotopic (exact) mass is 372 g/mol. The first kappa shape index (κ1) is 15.9. The van der Waals surface area contributed by atoms with Gasteiger partial charge in [-0.1, -0.05) is 24.3 Å². The number of hydrogen-bond donors (Lipinski definition) is 1. The van der Waals surface area contributed by atoms with Crippen molar-refractivity contribution < 1.29 is 0 Å². The zero-order chi connectivity index (χ0) is 18.2. The molecule has 132 valence electrons. The molecule has 0 saturated carbocycles. The van der Waals surface area contributed by atoms with Crippen LogP contribution in [-0.2, 0) is 0 Å².